The standard InChI is InChI=1S/C21H21ClN2OS/c1-21(2,3)11-16-17(18(25)13-6-8-15(22)9-7-13)20(23)26-19(16)14-5-4-10-24-12-14/h4-10,12H,11,23H2,1-3H3. The molecule has 3 aromatic rings. The smallest absolute Gasteiger partial charge is 0.196 e. The second-order valence-corrected chi connectivity index (χ2v) is 8.95. The molecule has 0 aliphatic rings. The topological polar surface area (TPSA) is 56.0 Å². The molecule has 3 rings (SSSR count). The number of hydrogen-bond acceptors (Lipinski definition) is 4. The normalized spacial score (nSPS) is 11.5. The first-order valence-corrected chi connectivity index (χ1v) is 9.57. The van der Waals surface area contributed by atoms with E-state index in [2.05, 4.69) is 25.8 Å². The van der Waals surface area contributed by atoms with Gasteiger partial charge in [-0.1, -0.05) is 38.4 Å². The monoisotopic (exact) mass is 384 g/mol. The lowest BCUT2D eigenvalue weighted by Crippen LogP contribution is -2.14. The molecule has 0 saturated heterocycles. The fourth-order valence-corrected chi connectivity index (χ4v) is 4.11. The molecular formula is C21H21ClN2OS. The van der Waals surface area contributed by atoms with Crippen molar-refractivity contribution < 1.29 is 4.79 Å². The molecule has 2 aromatic heterocycles. The molecule has 0 aliphatic carbocycles. The zero-order valence-corrected chi connectivity index (χ0v) is 16.6. The molecule has 0 radical (unpaired) electrons. The minimum absolute atomic E-state index is 0.0134. The van der Waals surface area contributed by atoms with E-state index in [1.807, 2.05) is 18.3 Å². The molecule has 0 atom stereocenters. The maximum atomic E-state index is 13.2. The van der Waals surface area contributed by atoms with Gasteiger partial charge in [-0.05, 0) is 47.7 Å². The Balaban J connectivity index is 2.16. The Morgan fingerprint density at radius 3 is 2.46 bits per heavy atom. The first kappa shape index (κ1) is 18.6. The number of pyridine rings is 1. The lowest BCUT2D eigenvalue weighted by atomic mass is 9.84. The quantitative estimate of drug-likeness (QED) is 0.572. The van der Waals surface area contributed by atoms with Crippen LogP contribution < -0.4 is 5.73 Å². The molecule has 2 heterocycles. The lowest BCUT2D eigenvalue weighted by Gasteiger charge is -2.20. The average Bonchev–Trinajstić information content (AvgIpc) is 2.90. The van der Waals surface area contributed by atoms with E-state index in [-0.39, 0.29) is 11.2 Å². The highest BCUT2D eigenvalue weighted by Gasteiger charge is 2.27. The van der Waals surface area contributed by atoms with E-state index in [0.717, 1.165) is 22.4 Å². The number of carbonyl (C=O) groups is 1. The minimum atomic E-state index is -0.0650. The number of halogens is 1. The highest BCUT2D eigenvalue weighted by atomic mass is 35.5. The number of anilines is 1. The van der Waals surface area contributed by atoms with E-state index in [0.29, 0.717) is 21.2 Å². The van der Waals surface area contributed by atoms with Crippen molar-refractivity contribution in [3.05, 3.63) is 70.5 Å². The summed E-state index contributed by atoms with van der Waals surface area (Å²) in [6.45, 7) is 6.47. The molecule has 2 N–H and O–H groups in total. The number of nitrogen functional groups attached to an aromatic ring is 1. The number of nitrogens with zero attached hydrogens (tertiary/aromatic N) is 1. The number of hydrogen-bond donors (Lipinski definition) is 1. The van der Waals surface area contributed by atoms with Crippen LogP contribution in [0, 0.1) is 5.41 Å². The van der Waals surface area contributed by atoms with Crippen molar-refractivity contribution in [1.29, 1.82) is 0 Å². The van der Waals surface area contributed by atoms with Gasteiger partial charge >= 0.3 is 0 Å². The molecule has 0 aliphatic heterocycles. The molecule has 1 aromatic carbocycles. The van der Waals surface area contributed by atoms with Crippen molar-refractivity contribution >= 4 is 33.7 Å². The Bertz CT molecular complexity index is 925. The SMILES string of the molecule is CC(C)(C)Cc1c(-c2cccnc2)sc(N)c1C(=O)c1ccc(Cl)cc1. The van der Waals surface area contributed by atoms with Crippen molar-refractivity contribution in [2.45, 2.75) is 27.2 Å². The van der Waals surface area contributed by atoms with Gasteiger partial charge in [0.1, 0.15) is 0 Å². The van der Waals surface area contributed by atoms with Crippen LogP contribution in [0.2, 0.25) is 5.02 Å². The van der Waals surface area contributed by atoms with Gasteiger partial charge in [0, 0.05) is 33.4 Å². The number of ketones is 1. The van der Waals surface area contributed by atoms with Gasteiger partial charge < -0.3 is 5.73 Å². The number of aromatic nitrogens is 1. The average molecular weight is 385 g/mol. The summed E-state index contributed by atoms with van der Waals surface area (Å²) in [4.78, 5) is 18.4. The second kappa shape index (κ2) is 7.22. The fraction of sp³-hybridized carbons (Fsp3) is 0.238. The van der Waals surface area contributed by atoms with Crippen LogP contribution in [-0.2, 0) is 6.42 Å². The van der Waals surface area contributed by atoms with E-state index in [1.165, 1.54) is 11.3 Å². The fourth-order valence-electron chi connectivity index (χ4n) is 2.91. The Labute approximate surface area is 162 Å². The third kappa shape index (κ3) is 3.97. The van der Waals surface area contributed by atoms with Gasteiger partial charge in [0.2, 0.25) is 0 Å². The van der Waals surface area contributed by atoms with Gasteiger partial charge in [0.05, 0.1) is 10.6 Å². The molecule has 0 amide bonds. The maximum Gasteiger partial charge on any atom is 0.196 e. The zero-order chi connectivity index (χ0) is 18.9. The van der Waals surface area contributed by atoms with Crippen molar-refractivity contribution in [1.82, 2.24) is 4.98 Å². The van der Waals surface area contributed by atoms with E-state index < -0.39 is 0 Å². The van der Waals surface area contributed by atoms with E-state index in [4.69, 9.17) is 17.3 Å². The van der Waals surface area contributed by atoms with Crippen molar-refractivity contribution in [3.8, 4) is 10.4 Å². The largest absolute Gasteiger partial charge is 0.390 e. The summed E-state index contributed by atoms with van der Waals surface area (Å²) in [5.74, 6) is -0.0650. The maximum absolute atomic E-state index is 13.2. The highest BCUT2D eigenvalue weighted by molar-refractivity contribution is 7.20. The molecule has 0 spiro atoms. The van der Waals surface area contributed by atoms with Crippen molar-refractivity contribution in [2.24, 2.45) is 5.41 Å². The summed E-state index contributed by atoms with van der Waals surface area (Å²) >= 11 is 7.41. The molecule has 0 fully saturated rings. The predicted molar refractivity (Wildman–Crippen MR) is 110 cm³/mol. The van der Waals surface area contributed by atoms with Crippen molar-refractivity contribution in [2.75, 3.05) is 5.73 Å². The summed E-state index contributed by atoms with van der Waals surface area (Å²) in [7, 11) is 0. The zero-order valence-electron chi connectivity index (χ0n) is 15.0. The summed E-state index contributed by atoms with van der Waals surface area (Å²) in [6, 6.07) is 10.8. The third-order valence-corrected chi connectivity index (χ3v) is 5.36. The number of thiophene rings is 1. The third-order valence-electron chi connectivity index (χ3n) is 4.00. The molecule has 3 nitrogen and oxygen atoms in total. The van der Waals surface area contributed by atoms with Gasteiger partial charge in [-0.2, -0.15) is 0 Å². The lowest BCUT2D eigenvalue weighted by molar-refractivity contribution is 0.103. The van der Waals surface area contributed by atoms with E-state index in [1.54, 1.807) is 30.5 Å². The minimum Gasteiger partial charge on any atom is -0.390 e. The summed E-state index contributed by atoms with van der Waals surface area (Å²) in [5, 5.41) is 1.15. The first-order chi connectivity index (χ1) is 12.3. The van der Waals surface area contributed by atoms with Crippen LogP contribution in [0.25, 0.3) is 10.4 Å². The molecule has 5 heteroatoms. The number of benzene rings is 1. The number of nitrogens with two attached hydrogens (primary N) is 1. The van der Waals surface area contributed by atoms with Crippen LogP contribution in [0.4, 0.5) is 5.00 Å². The Morgan fingerprint density at radius 2 is 1.88 bits per heavy atom. The number of carbonyl (C=O) groups excluding carboxylic acids is 1. The van der Waals surface area contributed by atoms with Crippen molar-refractivity contribution in [3.63, 3.8) is 0 Å². The summed E-state index contributed by atoms with van der Waals surface area (Å²) in [5.41, 5.74) is 9.50. The molecule has 0 saturated carbocycles. The summed E-state index contributed by atoms with van der Waals surface area (Å²) < 4.78 is 0. The van der Waals surface area contributed by atoms with Gasteiger partial charge in [0.25, 0.3) is 0 Å². The summed E-state index contributed by atoms with van der Waals surface area (Å²) in [6.07, 6.45) is 4.30. The van der Waals surface area contributed by atoms with Crippen LogP contribution in [0.3, 0.4) is 0 Å². The van der Waals surface area contributed by atoms with E-state index in [9.17, 15) is 4.79 Å². The Kier molecular flexibility index (Phi) is 5.17. The Morgan fingerprint density at radius 1 is 1.19 bits per heavy atom. The Hall–Kier alpha value is -2.17. The molecule has 0 unspecified atom stereocenters. The van der Waals surface area contributed by atoms with Crippen LogP contribution in [0.15, 0.2) is 48.8 Å². The van der Waals surface area contributed by atoms with Crippen LogP contribution in [0.5, 0.6) is 0 Å². The molecular weight excluding hydrogens is 364 g/mol. The first-order valence-electron chi connectivity index (χ1n) is 8.38. The highest BCUT2D eigenvalue weighted by Crippen LogP contribution is 2.42. The van der Waals surface area contributed by atoms with Gasteiger partial charge in [-0.25, -0.2) is 0 Å². The predicted octanol–water partition coefficient (Wildman–Crippen LogP) is 5.87. The molecule has 0 bridgehead atoms. The van der Waals surface area contributed by atoms with Crippen LogP contribution in [0.1, 0.15) is 42.3 Å². The van der Waals surface area contributed by atoms with E-state index >= 15 is 0 Å². The molecule has 134 valence electrons. The van der Waals surface area contributed by atoms with Crippen LogP contribution >= 0.6 is 22.9 Å². The van der Waals surface area contributed by atoms with Gasteiger partial charge in [0.15, 0.2) is 5.78 Å². The van der Waals surface area contributed by atoms with Gasteiger partial charge in [-0.15, -0.1) is 11.3 Å². The van der Waals surface area contributed by atoms with Gasteiger partial charge in [-0.3, -0.25) is 9.78 Å². The molecule has 26 heavy (non-hydrogen) atoms. The van der Waals surface area contributed by atoms with Crippen LogP contribution in [-0.4, -0.2) is 10.8 Å². The second-order valence-electron chi connectivity index (χ2n) is 7.46. The number of rotatable bonds is 4.